The van der Waals surface area contributed by atoms with E-state index in [1.54, 1.807) is 13.8 Å². The van der Waals surface area contributed by atoms with Gasteiger partial charge in [0, 0.05) is 24.5 Å². The van der Waals surface area contributed by atoms with Gasteiger partial charge in [0.15, 0.2) is 0 Å². The van der Waals surface area contributed by atoms with Gasteiger partial charge in [0.2, 0.25) is 11.0 Å². The first kappa shape index (κ1) is 30.5. The van der Waals surface area contributed by atoms with E-state index in [1.807, 2.05) is 0 Å². The number of fused-ring (bicyclic) bond motifs is 1. The highest BCUT2D eigenvalue weighted by Gasteiger charge is 2.32. The lowest BCUT2D eigenvalue weighted by molar-refractivity contribution is -0.274. The predicted molar refractivity (Wildman–Crippen MR) is 141 cm³/mol. The van der Waals surface area contributed by atoms with E-state index in [9.17, 15) is 30.8 Å². The van der Waals surface area contributed by atoms with Crippen molar-refractivity contribution in [2.24, 2.45) is 9.98 Å². The van der Waals surface area contributed by atoms with Crippen molar-refractivity contribution < 1.29 is 39.9 Å². The third kappa shape index (κ3) is 7.76. The quantitative estimate of drug-likeness (QED) is 0.260. The fraction of sp³-hybridized carbons (Fsp3) is 0.269. The third-order valence-corrected chi connectivity index (χ3v) is 7.37. The van der Waals surface area contributed by atoms with Gasteiger partial charge in [0.25, 0.3) is 10.0 Å². The number of alkyl halides is 3. The Morgan fingerprint density at radius 3 is 2.42 bits per heavy atom. The summed E-state index contributed by atoms with van der Waals surface area (Å²) < 4.78 is 87.4. The number of sulfonamides is 1. The van der Waals surface area contributed by atoms with Crippen molar-refractivity contribution >= 4 is 39.3 Å². The number of hydrogen-bond acceptors (Lipinski definition) is 7. The van der Waals surface area contributed by atoms with Crippen LogP contribution in [0.3, 0.4) is 0 Å². The van der Waals surface area contributed by atoms with E-state index in [1.165, 1.54) is 37.4 Å². The Balaban J connectivity index is 1.71. The molecule has 14 heteroatoms. The van der Waals surface area contributed by atoms with E-state index in [2.05, 4.69) is 26.8 Å². The van der Waals surface area contributed by atoms with Crippen LogP contribution in [0, 0.1) is 5.82 Å². The Labute approximate surface area is 227 Å². The summed E-state index contributed by atoms with van der Waals surface area (Å²) in [7, 11) is -2.79. The number of allylic oxidation sites excluding steroid dienone is 1. The molecule has 1 N–H and O–H groups in total. The molecule has 0 spiro atoms. The molecule has 0 atom stereocenters. The number of ether oxygens (including phenoxy) is 1. The van der Waals surface area contributed by atoms with Gasteiger partial charge in [-0.2, -0.15) is 4.31 Å². The van der Waals surface area contributed by atoms with Gasteiger partial charge in [-0.05, 0) is 74.7 Å². The van der Waals surface area contributed by atoms with Crippen molar-refractivity contribution in [1.29, 1.82) is 0 Å². The monoisotopic (exact) mass is 582 g/mol. The minimum atomic E-state index is -4.82. The fourth-order valence-corrected chi connectivity index (χ4v) is 5.12. The minimum absolute atomic E-state index is 0.146. The molecular formula is C26H26F4N4O5S. The van der Waals surface area contributed by atoms with Gasteiger partial charge in [0.1, 0.15) is 17.1 Å². The first-order valence-electron chi connectivity index (χ1n) is 11.7. The van der Waals surface area contributed by atoms with Crippen molar-refractivity contribution in [2.75, 3.05) is 20.1 Å². The molecule has 0 aliphatic rings. The maximum atomic E-state index is 13.5. The van der Waals surface area contributed by atoms with Gasteiger partial charge in [-0.15, -0.1) is 13.2 Å². The van der Waals surface area contributed by atoms with Gasteiger partial charge in [-0.1, -0.05) is 0 Å². The summed E-state index contributed by atoms with van der Waals surface area (Å²) in [6.45, 7) is 5.92. The molecule has 0 saturated heterocycles. The molecule has 1 heterocycles. The molecule has 0 fully saturated rings. The normalized spacial score (nSPS) is 13.2. The van der Waals surface area contributed by atoms with Gasteiger partial charge in [-0.3, -0.25) is 14.8 Å². The lowest BCUT2D eigenvalue weighted by Crippen LogP contribution is -2.44. The zero-order valence-corrected chi connectivity index (χ0v) is 22.5. The van der Waals surface area contributed by atoms with Crippen molar-refractivity contribution in [1.82, 2.24) is 9.62 Å². The van der Waals surface area contributed by atoms with Crippen molar-refractivity contribution in [3.8, 4) is 5.75 Å². The Hall–Kier alpha value is -4.04. The Morgan fingerprint density at radius 2 is 1.85 bits per heavy atom. The minimum Gasteiger partial charge on any atom is -0.443 e. The van der Waals surface area contributed by atoms with Crippen molar-refractivity contribution in [3.63, 3.8) is 0 Å². The van der Waals surface area contributed by atoms with Crippen LogP contribution in [-0.4, -0.2) is 63.6 Å². The largest absolute Gasteiger partial charge is 0.573 e. The van der Waals surface area contributed by atoms with Gasteiger partial charge in [0.05, 0.1) is 24.5 Å². The first-order valence-corrected chi connectivity index (χ1v) is 13.2. The number of carbonyl (C=O) groups excluding carboxylic acids is 1. The maximum Gasteiger partial charge on any atom is 0.573 e. The molecule has 214 valence electrons. The molecule has 2 aromatic carbocycles. The second-order valence-electron chi connectivity index (χ2n) is 8.64. The van der Waals surface area contributed by atoms with Crippen LogP contribution >= 0.6 is 0 Å². The number of amides is 1. The summed E-state index contributed by atoms with van der Waals surface area (Å²) in [4.78, 5) is 20.7. The summed E-state index contributed by atoms with van der Waals surface area (Å²) in [6.07, 6.45) is -3.35. The number of nitrogens with one attached hydrogen (secondary N) is 1. The number of aliphatic imine (C=N–C) groups is 2. The van der Waals surface area contributed by atoms with Crippen LogP contribution in [0.2, 0.25) is 0 Å². The highest BCUT2D eigenvalue weighted by Crippen LogP contribution is 2.27. The Bertz CT molecular complexity index is 1550. The first-order chi connectivity index (χ1) is 18.7. The molecular weight excluding hydrogens is 556 g/mol. The molecule has 1 amide bonds. The molecule has 0 aliphatic carbocycles. The molecule has 0 unspecified atom stereocenters. The predicted octanol–water partition coefficient (Wildman–Crippen LogP) is 4.69. The molecule has 0 aliphatic heterocycles. The number of furan rings is 1. The van der Waals surface area contributed by atoms with Crippen molar-refractivity contribution in [3.05, 3.63) is 71.7 Å². The smallest absolute Gasteiger partial charge is 0.443 e. The van der Waals surface area contributed by atoms with Crippen LogP contribution in [-0.2, 0) is 14.8 Å². The van der Waals surface area contributed by atoms with Crippen LogP contribution in [0.25, 0.3) is 11.0 Å². The summed E-state index contributed by atoms with van der Waals surface area (Å²) >= 11 is 0. The fourth-order valence-electron chi connectivity index (χ4n) is 3.58. The summed E-state index contributed by atoms with van der Waals surface area (Å²) in [5, 5.41) is 2.39. The van der Waals surface area contributed by atoms with Crippen molar-refractivity contribution in [2.45, 2.75) is 31.3 Å². The molecule has 1 aromatic heterocycles. The summed E-state index contributed by atoms with van der Waals surface area (Å²) in [5.41, 5.74) is 1.22. The number of benzene rings is 2. The molecule has 40 heavy (non-hydrogen) atoms. The lowest BCUT2D eigenvalue weighted by Gasteiger charge is -2.24. The zero-order valence-electron chi connectivity index (χ0n) is 21.7. The van der Waals surface area contributed by atoms with Crippen LogP contribution < -0.4 is 10.1 Å². The van der Waals surface area contributed by atoms with Gasteiger partial charge >= 0.3 is 6.36 Å². The summed E-state index contributed by atoms with van der Waals surface area (Å²) in [6, 6.07) is 9.15. The highest BCUT2D eigenvalue weighted by atomic mass is 32.2. The maximum absolute atomic E-state index is 13.5. The molecule has 3 aromatic rings. The van der Waals surface area contributed by atoms with E-state index < -0.39 is 51.5 Å². The molecule has 9 nitrogen and oxygen atoms in total. The highest BCUT2D eigenvalue weighted by molar-refractivity contribution is 7.89. The van der Waals surface area contributed by atoms with E-state index in [-0.39, 0.29) is 23.2 Å². The number of halogens is 4. The van der Waals surface area contributed by atoms with E-state index in [0.717, 1.165) is 28.6 Å². The number of rotatable bonds is 11. The lowest BCUT2D eigenvalue weighted by atomic mass is 10.1. The average molecular weight is 583 g/mol. The Kier molecular flexibility index (Phi) is 9.48. The summed E-state index contributed by atoms with van der Waals surface area (Å²) in [5.74, 6) is -1.61. The average Bonchev–Trinajstić information content (AvgIpc) is 3.31. The standard InChI is InChI=1S/C26H26F4N4O5S/c1-16(2)34(40(36,37)25-12-18-11-19(27)7-10-23(18)38-25)15-24(35)33-14-20(31-3)13-22(32-4)17-5-8-21(9-6-17)39-26(28,29)30/h5-13,16H,3,14-15H2,1-2,4H3,(H,33,35)/b20-13-,32-22?. The number of nitrogens with zero attached hydrogens (tertiary/aromatic N) is 3. The Morgan fingerprint density at radius 1 is 1.18 bits per heavy atom. The SMILES string of the molecule is C=N/C(=C\C(=NC)c1ccc(OC(F)(F)F)cc1)CNC(=O)CN(C(C)C)S(=O)(=O)c1cc2cc(F)ccc2o1. The molecule has 0 bridgehead atoms. The third-order valence-electron chi connectivity index (χ3n) is 5.49. The van der Waals surface area contributed by atoms with E-state index >= 15 is 0 Å². The van der Waals surface area contributed by atoms with E-state index in [4.69, 9.17) is 4.42 Å². The second kappa shape index (κ2) is 12.4. The second-order valence-corrected chi connectivity index (χ2v) is 10.5. The number of carbonyl (C=O) groups is 1. The van der Waals surface area contributed by atoms with Crippen LogP contribution in [0.5, 0.6) is 5.75 Å². The zero-order chi connectivity index (χ0) is 29.7. The van der Waals surface area contributed by atoms with Crippen LogP contribution in [0.15, 0.2) is 79.8 Å². The molecule has 0 saturated carbocycles. The topological polar surface area (TPSA) is 114 Å². The van der Waals surface area contributed by atoms with Gasteiger partial charge < -0.3 is 14.5 Å². The van der Waals surface area contributed by atoms with Crippen LogP contribution in [0.1, 0.15) is 19.4 Å². The number of hydrogen-bond donors (Lipinski definition) is 1. The van der Waals surface area contributed by atoms with Crippen LogP contribution in [0.4, 0.5) is 17.6 Å². The van der Waals surface area contributed by atoms with Gasteiger partial charge in [-0.25, -0.2) is 12.8 Å². The molecule has 0 radical (unpaired) electrons. The van der Waals surface area contributed by atoms with E-state index in [0.29, 0.717) is 11.3 Å². The molecule has 3 rings (SSSR count).